The van der Waals surface area contributed by atoms with Gasteiger partial charge in [-0.2, -0.15) is 0 Å². The smallest absolute Gasteiger partial charge is 0.203 e. The number of hydrogen-bond acceptors (Lipinski definition) is 5. The second-order valence-corrected chi connectivity index (χ2v) is 6.77. The van der Waals surface area contributed by atoms with Crippen molar-refractivity contribution in [1.29, 1.82) is 0 Å². The monoisotopic (exact) mass is 523 g/mol. The van der Waals surface area contributed by atoms with E-state index in [0.29, 0.717) is 36.3 Å². The molecule has 0 saturated carbocycles. The van der Waals surface area contributed by atoms with Crippen LogP contribution in [0.2, 0.25) is 0 Å². The summed E-state index contributed by atoms with van der Waals surface area (Å²) in [6.45, 7) is 7.78. The first kappa shape index (κ1) is 27.6. The van der Waals surface area contributed by atoms with Gasteiger partial charge in [0, 0.05) is 18.7 Å². The first-order valence-corrected chi connectivity index (χ1v) is 10.0. The van der Waals surface area contributed by atoms with E-state index in [-0.39, 0.29) is 24.0 Å². The molecule has 3 N–H and O–H groups in total. The maximum absolute atomic E-state index is 10.8. The topological polar surface area (TPSA) is 84.3 Å². The summed E-state index contributed by atoms with van der Waals surface area (Å²) in [6.07, 6.45) is 3.40. The molecule has 168 valence electrons. The highest BCUT2D eigenvalue weighted by Gasteiger charge is 2.25. The molecular formula is C21H38IN3O4. The highest BCUT2D eigenvalue weighted by Crippen LogP contribution is 2.39. The number of methoxy groups -OCH3 is 3. The lowest BCUT2D eigenvalue weighted by molar-refractivity contribution is 0.0257. The van der Waals surface area contributed by atoms with Gasteiger partial charge in [-0.15, -0.1) is 24.0 Å². The van der Waals surface area contributed by atoms with Gasteiger partial charge in [-0.05, 0) is 31.9 Å². The Hall–Kier alpha value is -1.42. The number of nitrogens with zero attached hydrogens (tertiary/aromatic N) is 1. The van der Waals surface area contributed by atoms with Crippen molar-refractivity contribution in [3.63, 3.8) is 0 Å². The summed E-state index contributed by atoms with van der Waals surface area (Å²) in [7, 11) is 4.78. The van der Waals surface area contributed by atoms with E-state index >= 15 is 0 Å². The minimum absolute atomic E-state index is 0. The second-order valence-electron chi connectivity index (χ2n) is 6.77. The molecule has 0 amide bonds. The van der Waals surface area contributed by atoms with Crippen LogP contribution >= 0.6 is 24.0 Å². The van der Waals surface area contributed by atoms with Gasteiger partial charge in [0.15, 0.2) is 17.5 Å². The average Bonchev–Trinajstić information content (AvgIpc) is 2.69. The predicted octanol–water partition coefficient (Wildman–Crippen LogP) is 3.72. The van der Waals surface area contributed by atoms with Crippen LogP contribution in [0.15, 0.2) is 17.1 Å². The van der Waals surface area contributed by atoms with Gasteiger partial charge in [-0.1, -0.05) is 26.7 Å². The summed E-state index contributed by atoms with van der Waals surface area (Å²) in [4.78, 5) is 4.65. The Balaban J connectivity index is 0.00000784. The van der Waals surface area contributed by atoms with Crippen molar-refractivity contribution >= 4 is 29.9 Å². The van der Waals surface area contributed by atoms with E-state index in [1.165, 1.54) is 0 Å². The van der Waals surface area contributed by atoms with Gasteiger partial charge >= 0.3 is 0 Å². The molecule has 1 rings (SSSR count). The minimum Gasteiger partial charge on any atom is -0.493 e. The normalized spacial score (nSPS) is 11.5. The van der Waals surface area contributed by atoms with Gasteiger partial charge in [-0.25, -0.2) is 4.99 Å². The summed E-state index contributed by atoms with van der Waals surface area (Å²) in [5.74, 6) is 2.43. The van der Waals surface area contributed by atoms with Gasteiger partial charge in [-0.3, -0.25) is 0 Å². The molecule has 7 nitrogen and oxygen atoms in total. The Bertz CT molecular complexity index is 620. The van der Waals surface area contributed by atoms with Crippen LogP contribution in [0.3, 0.4) is 0 Å². The highest BCUT2D eigenvalue weighted by atomic mass is 127. The molecule has 0 aliphatic heterocycles. The molecule has 1 aromatic carbocycles. The van der Waals surface area contributed by atoms with Crippen molar-refractivity contribution in [2.24, 2.45) is 4.99 Å². The SMILES string of the molecule is CCCC(O)(CCC)CNC(=NCc1ccc(OC)c(OC)c1OC)NCC.I. The van der Waals surface area contributed by atoms with Crippen LogP contribution in [0.4, 0.5) is 0 Å². The molecule has 0 atom stereocenters. The molecule has 0 aromatic heterocycles. The Morgan fingerprint density at radius 1 is 0.966 bits per heavy atom. The largest absolute Gasteiger partial charge is 0.493 e. The fourth-order valence-corrected chi connectivity index (χ4v) is 3.27. The molecule has 8 heteroatoms. The van der Waals surface area contributed by atoms with E-state index in [1.807, 2.05) is 19.1 Å². The average molecular weight is 523 g/mol. The van der Waals surface area contributed by atoms with Crippen LogP contribution in [0.1, 0.15) is 52.0 Å². The number of rotatable bonds is 12. The third kappa shape index (κ3) is 8.46. The molecule has 0 bridgehead atoms. The zero-order chi connectivity index (χ0) is 21.0. The predicted molar refractivity (Wildman–Crippen MR) is 129 cm³/mol. The van der Waals surface area contributed by atoms with E-state index in [0.717, 1.165) is 37.8 Å². The molecule has 1 aromatic rings. The molecule has 0 spiro atoms. The van der Waals surface area contributed by atoms with Crippen molar-refractivity contribution in [2.45, 2.75) is 58.6 Å². The van der Waals surface area contributed by atoms with Crippen LogP contribution in [-0.4, -0.2) is 51.1 Å². The lowest BCUT2D eigenvalue weighted by Crippen LogP contribution is -2.47. The van der Waals surface area contributed by atoms with Crippen molar-refractivity contribution in [2.75, 3.05) is 34.4 Å². The summed E-state index contributed by atoms with van der Waals surface area (Å²) in [5.41, 5.74) is 0.162. The first-order chi connectivity index (χ1) is 13.5. The molecule has 0 radical (unpaired) electrons. The van der Waals surface area contributed by atoms with E-state index in [9.17, 15) is 5.11 Å². The zero-order valence-corrected chi connectivity index (χ0v) is 21.0. The number of aliphatic hydroxyl groups is 1. The lowest BCUT2D eigenvalue weighted by Gasteiger charge is -2.28. The zero-order valence-electron chi connectivity index (χ0n) is 18.6. The van der Waals surface area contributed by atoms with Gasteiger partial charge in [0.1, 0.15) is 0 Å². The Morgan fingerprint density at radius 3 is 2.07 bits per heavy atom. The van der Waals surface area contributed by atoms with Gasteiger partial charge < -0.3 is 30.0 Å². The number of halogens is 1. The van der Waals surface area contributed by atoms with Crippen LogP contribution in [0.5, 0.6) is 17.2 Å². The van der Waals surface area contributed by atoms with Crippen LogP contribution in [0, 0.1) is 0 Å². The molecule has 0 aliphatic rings. The second kappa shape index (κ2) is 14.5. The van der Waals surface area contributed by atoms with Crippen molar-refractivity contribution in [3.8, 4) is 17.2 Å². The van der Waals surface area contributed by atoms with E-state index in [2.05, 4.69) is 29.5 Å². The molecule has 0 unspecified atom stereocenters. The number of hydrogen-bond donors (Lipinski definition) is 3. The summed E-state index contributed by atoms with van der Waals surface area (Å²) in [5, 5.41) is 17.3. The fraction of sp³-hybridized carbons (Fsp3) is 0.667. The van der Waals surface area contributed by atoms with Gasteiger partial charge in [0.2, 0.25) is 5.75 Å². The van der Waals surface area contributed by atoms with Crippen molar-refractivity contribution in [3.05, 3.63) is 17.7 Å². The van der Waals surface area contributed by atoms with Gasteiger partial charge in [0.05, 0.1) is 33.5 Å². The van der Waals surface area contributed by atoms with E-state index in [4.69, 9.17) is 14.2 Å². The molecule has 0 heterocycles. The van der Waals surface area contributed by atoms with Gasteiger partial charge in [0.25, 0.3) is 0 Å². The van der Waals surface area contributed by atoms with Crippen LogP contribution in [-0.2, 0) is 6.54 Å². The summed E-state index contributed by atoms with van der Waals surface area (Å²) < 4.78 is 16.3. The first-order valence-electron chi connectivity index (χ1n) is 10.0. The third-order valence-electron chi connectivity index (χ3n) is 4.55. The fourth-order valence-electron chi connectivity index (χ4n) is 3.27. The lowest BCUT2D eigenvalue weighted by atomic mass is 9.93. The molecule has 0 fully saturated rings. The molecular weight excluding hydrogens is 485 g/mol. The van der Waals surface area contributed by atoms with Crippen molar-refractivity contribution < 1.29 is 19.3 Å². The number of nitrogens with one attached hydrogen (secondary N) is 2. The number of benzene rings is 1. The van der Waals surface area contributed by atoms with Crippen LogP contribution < -0.4 is 24.8 Å². The third-order valence-corrected chi connectivity index (χ3v) is 4.55. The highest BCUT2D eigenvalue weighted by molar-refractivity contribution is 14.0. The minimum atomic E-state index is -0.722. The molecule has 0 aliphatic carbocycles. The number of ether oxygens (including phenoxy) is 3. The molecule has 29 heavy (non-hydrogen) atoms. The van der Waals surface area contributed by atoms with Crippen molar-refractivity contribution in [1.82, 2.24) is 10.6 Å². The maximum atomic E-state index is 10.8. The Morgan fingerprint density at radius 2 is 1.59 bits per heavy atom. The summed E-state index contributed by atoms with van der Waals surface area (Å²) >= 11 is 0. The summed E-state index contributed by atoms with van der Waals surface area (Å²) in [6, 6.07) is 3.76. The quantitative estimate of drug-likeness (QED) is 0.220. The Labute approximate surface area is 192 Å². The maximum Gasteiger partial charge on any atom is 0.203 e. The number of guanidine groups is 1. The number of aliphatic imine (C=N–C) groups is 1. The van der Waals surface area contributed by atoms with E-state index < -0.39 is 5.60 Å². The van der Waals surface area contributed by atoms with Crippen LogP contribution in [0.25, 0.3) is 0 Å². The molecule has 0 saturated heterocycles. The standard InChI is InChI=1S/C21H37N3O4.HI/c1-7-12-21(25,13-8-2)15-24-20(22-9-3)23-14-16-10-11-17(26-4)19(28-6)18(16)27-5;/h10-11,25H,7-9,12-15H2,1-6H3,(H2,22,23,24);1H. The van der Waals surface area contributed by atoms with E-state index in [1.54, 1.807) is 21.3 Å². The Kier molecular flexibility index (Phi) is 13.8.